The summed E-state index contributed by atoms with van der Waals surface area (Å²) < 4.78 is 36.0. The molecular weight excluding hydrogens is 254 g/mol. The standard InChI is InChI=1S/C12H19NO4S/c1-4-7-18(14,15)13-9-10-8-11(16-2)5-6-12(10)17-3/h5-6,8,13H,4,7,9H2,1-3H3. The van der Waals surface area contributed by atoms with Crippen molar-refractivity contribution >= 4 is 10.0 Å². The number of sulfonamides is 1. The number of nitrogens with one attached hydrogen (secondary N) is 1. The molecule has 0 heterocycles. The molecule has 0 saturated heterocycles. The highest BCUT2D eigenvalue weighted by Crippen LogP contribution is 2.23. The van der Waals surface area contributed by atoms with E-state index in [1.165, 1.54) is 0 Å². The lowest BCUT2D eigenvalue weighted by molar-refractivity contribution is 0.398. The molecule has 0 unspecified atom stereocenters. The van der Waals surface area contributed by atoms with E-state index < -0.39 is 10.0 Å². The van der Waals surface area contributed by atoms with Gasteiger partial charge in [0.15, 0.2) is 0 Å². The molecule has 102 valence electrons. The quantitative estimate of drug-likeness (QED) is 0.818. The van der Waals surface area contributed by atoms with Gasteiger partial charge in [-0.2, -0.15) is 0 Å². The molecule has 0 saturated carbocycles. The summed E-state index contributed by atoms with van der Waals surface area (Å²) in [7, 11) is -0.111. The van der Waals surface area contributed by atoms with Crippen molar-refractivity contribution in [3.63, 3.8) is 0 Å². The molecule has 6 heteroatoms. The first-order valence-electron chi connectivity index (χ1n) is 5.70. The van der Waals surface area contributed by atoms with E-state index in [0.29, 0.717) is 17.9 Å². The predicted octanol–water partition coefficient (Wildman–Crippen LogP) is 1.53. The zero-order valence-corrected chi connectivity index (χ0v) is 11.7. The molecule has 0 fully saturated rings. The number of benzene rings is 1. The highest BCUT2D eigenvalue weighted by molar-refractivity contribution is 7.89. The predicted molar refractivity (Wildman–Crippen MR) is 70.5 cm³/mol. The highest BCUT2D eigenvalue weighted by atomic mass is 32.2. The Morgan fingerprint density at radius 1 is 1.22 bits per heavy atom. The highest BCUT2D eigenvalue weighted by Gasteiger charge is 2.11. The molecule has 0 aromatic heterocycles. The zero-order chi connectivity index (χ0) is 13.6. The van der Waals surface area contributed by atoms with E-state index in [1.807, 2.05) is 6.92 Å². The van der Waals surface area contributed by atoms with Crippen molar-refractivity contribution in [1.29, 1.82) is 0 Å². The van der Waals surface area contributed by atoms with Crippen LogP contribution in [-0.4, -0.2) is 28.4 Å². The van der Waals surface area contributed by atoms with Gasteiger partial charge < -0.3 is 9.47 Å². The lowest BCUT2D eigenvalue weighted by Gasteiger charge is -2.11. The van der Waals surface area contributed by atoms with Crippen molar-refractivity contribution in [2.75, 3.05) is 20.0 Å². The van der Waals surface area contributed by atoms with E-state index in [-0.39, 0.29) is 12.3 Å². The van der Waals surface area contributed by atoms with Gasteiger partial charge in [-0.1, -0.05) is 6.92 Å². The van der Waals surface area contributed by atoms with Crippen molar-refractivity contribution in [3.8, 4) is 11.5 Å². The largest absolute Gasteiger partial charge is 0.497 e. The summed E-state index contributed by atoms with van der Waals surface area (Å²) in [5.74, 6) is 1.43. The minimum Gasteiger partial charge on any atom is -0.497 e. The second-order valence-electron chi connectivity index (χ2n) is 3.82. The van der Waals surface area contributed by atoms with Crippen molar-refractivity contribution in [2.24, 2.45) is 0 Å². The fourth-order valence-electron chi connectivity index (χ4n) is 1.55. The smallest absolute Gasteiger partial charge is 0.211 e. The maximum Gasteiger partial charge on any atom is 0.211 e. The molecule has 0 bridgehead atoms. The molecule has 5 nitrogen and oxygen atoms in total. The van der Waals surface area contributed by atoms with E-state index in [1.54, 1.807) is 32.4 Å². The SMILES string of the molecule is CCCS(=O)(=O)NCc1cc(OC)ccc1OC. The molecule has 0 aliphatic heterocycles. The summed E-state index contributed by atoms with van der Waals surface area (Å²) in [6, 6.07) is 5.28. The van der Waals surface area contributed by atoms with Gasteiger partial charge in [0.25, 0.3) is 0 Å². The number of ether oxygens (including phenoxy) is 2. The Bertz CT molecular complexity index is 485. The first-order valence-corrected chi connectivity index (χ1v) is 7.36. The van der Waals surface area contributed by atoms with Crippen LogP contribution < -0.4 is 14.2 Å². The third-order valence-corrected chi connectivity index (χ3v) is 3.97. The summed E-state index contributed by atoms with van der Waals surface area (Å²) in [6.07, 6.45) is 0.588. The van der Waals surface area contributed by atoms with Crippen LogP contribution in [0.15, 0.2) is 18.2 Å². The van der Waals surface area contributed by atoms with Crippen LogP contribution in [0.2, 0.25) is 0 Å². The molecule has 1 aromatic rings. The fraction of sp³-hybridized carbons (Fsp3) is 0.500. The molecule has 0 spiro atoms. The third-order valence-electron chi connectivity index (χ3n) is 2.44. The molecule has 0 aliphatic rings. The third kappa shape index (κ3) is 4.19. The van der Waals surface area contributed by atoms with Crippen LogP contribution in [0.3, 0.4) is 0 Å². The topological polar surface area (TPSA) is 64.6 Å². The Balaban J connectivity index is 2.83. The monoisotopic (exact) mass is 273 g/mol. The van der Waals surface area contributed by atoms with Gasteiger partial charge in [-0.3, -0.25) is 0 Å². The molecular formula is C12H19NO4S. The molecule has 1 aromatic carbocycles. The number of hydrogen-bond donors (Lipinski definition) is 1. The lowest BCUT2D eigenvalue weighted by atomic mass is 10.2. The molecule has 0 radical (unpaired) electrons. The Hall–Kier alpha value is -1.27. The van der Waals surface area contributed by atoms with Gasteiger partial charge in [0.1, 0.15) is 11.5 Å². The van der Waals surface area contributed by atoms with Gasteiger partial charge in [-0.15, -0.1) is 0 Å². The van der Waals surface area contributed by atoms with Crippen LogP contribution >= 0.6 is 0 Å². The van der Waals surface area contributed by atoms with Crippen molar-refractivity contribution in [3.05, 3.63) is 23.8 Å². The Labute approximate surface area is 108 Å². The van der Waals surface area contributed by atoms with E-state index in [4.69, 9.17) is 9.47 Å². The van der Waals surface area contributed by atoms with Gasteiger partial charge in [0.05, 0.1) is 20.0 Å². The van der Waals surface area contributed by atoms with Crippen molar-refractivity contribution < 1.29 is 17.9 Å². The average molecular weight is 273 g/mol. The summed E-state index contributed by atoms with van der Waals surface area (Å²) in [5.41, 5.74) is 0.747. The van der Waals surface area contributed by atoms with E-state index >= 15 is 0 Å². The second-order valence-corrected chi connectivity index (χ2v) is 5.74. The number of methoxy groups -OCH3 is 2. The van der Waals surface area contributed by atoms with Crippen molar-refractivity contribution in [1.82, 2.24) is 4.72 Å². The first kappa shape index (κ1) is 14.8. The fourth-order valence-corrected chi connectivity index (χ4v) is 2.61. The van der Waals surface area contributed by atoms with E-state index in [2.05, 4.69) is 4.72 Å². The molecule has 0 aliphatic carbocycles. The molecule has 18 heavy (non-hydrogen) atoms. The van der Waals surface area contributed by atoms with Gasteiger partial charge in [0, 0.05) is 12.1 Å². The van der Waals surface area contributed by atoms with Crippen LogP contribution in [0.25, 0.3) is 0 Å². The molecule has 1 rings (SSSR count). The average Bonchev–Trinajstić information content (AvgIpc) is 2.36. The summed E-state index contributed by atoms with van der Waals surface area (Å²) >= 11 is 0. The van der Waals surface area contributed by atoms with Crippen LogP contribution in [0, 0.1) is 0 Å². The summed E-state index contributed by atoms with van der Waals surface area (Å²) in [5, 5.41) is 0. The minimum absolute atomic E-state index is 0.124. The molecule has 0 amide bonds. The second kappa shape index (κ2) is 6.61. The van der Waals surface area contributed by atoms with Crippen LogP contribution in [0.4, 0.5) is 0 Å². The molecule has 1 N–H and O–H groups in total. The van der Waals surface area contributed by atoms with Crippen LogP contribution in [0.5, 0.6) is 11.5 Å². The zero-order valence-electron chi connectivity index (χ0n) is 10.9. The van der Waals surface area contributed by atoms with Crippen LogP contribution in [-0.2, 0) is 16.6 Å². The van der Waals surface area contributed by atoms with E-state index in [9.17, 15) is 8.42 Å². The van der Waals surface area contributed by atoms with Gasteiger partial charge in [-0.05, 0) is 24.6 Å². The summed E-state index contributed by atoms with van der Waals surface area (Å²) in [4.78, 5) is 0. The minimum atomic E-state index is -3.22. The molecule has 0 atom stereocenters. The van der Waals surface area contributed by atoms with Gasteiger partial charge in [0.2, 0.25) is 10.0 Å². The normalized spacial score (nSPS) is 11.3. The van der Waals surface area contributed by atoms with E-state index in [0.717, 1.165) is 5.56 Å². The Morgan fingerprint density at radius 2 is 1.94 bits per heavy atom. The Kier molecular flexibility index (Phi) is 5.43. The van der Waals surface area contributed by atoms with Crippen LogP contribution in [0.1, 0.15) is 18.9 Å². The maximum atomic E-state index is 11.6. The Morgan fingerprint density at radius 3 is 2.50 bits per heavy atom. The lowest BCUT2D eigenvalue weighted by Crippen LogP contribution is -2.25. The summed E-state index contributed by atoms with van der Waals surface area (Å²) in [6.45, 7) is 2.02. The first-order chi connectivity index (χ1) is 8.52. The van der Waals surface area contributed by atoms with Gasteiger partial charge >= 0.3 is 0 Å². The number of hydrogen-bond acceptors (Lipinski definition) is 4. The maximum absolute atomic E-state index is 11.6. The number of rotatable bonds is 7. The van der Waals surface area contributed by atoms with Gasteiger partial charge in [-0.25, -0.2) is 13.1 Å². The van der Waals surface area contributed by atoms with Crippen molar-refractivity contribution in [2.45, 2.75) is 19.9 Å².